The first-order valence-electron chi connectivity index (χ1n) is 13.5. The Balaban J connectivity index is 1.68. The topological polar surface area (TPSA) is 46.6 Å². The Morgan fingerprint density at radius 2 is 1.59 bits per heavy atom. The molecule has 1 heterocycles. The second-order valence-electron chi connectivity index (χ2n) is 10.4. The Kier molecular flexibility index (Phi) is 7.99. The lowest BCUT2D eigenvalue weighted by Gasteiger charge is -2.18. The number of benzene rings is 3. The summed E-state index contributed by atoms with van der Waals surface area (Å²) >= 11 is 0. The van der Waals surface area contributed by atoms with Crippen molar-refractivity contribution >= 4 is 22.2 Å². The van der Waals surface area contributed by atoms with Crippen LogP contribution in [0.3, 0.4) is 0 Å². The summed E-state index contributed by atoms with van der Waals surface area (Å²) < 4.78 is 11.2. The molecular formula is C34H37N3O2. The van der Waals surface area contributed by atoms with Crippen molar-refractivity contribution in [2.45, 2.75) is 13.3 Å². The molecule has 1 aliphatic carbocycles. The summed E-state index contributed by atoms with van der Waals surface area (Å²) in [4.78, 5) is 7.33. The number of hydrogen-bond acceptors (Lipinski definition) is 5. The standard InChI is InChI=1S/C34H37N3O2/c1-23-11-13-25(14-12-23)27-17-26(24-9-7-6-8-10-24)18-29(19-27)31-20-28-21-32(38-4)33(39-5)22-30(28)34(36-31)35-15-16-37(2)3/h6-11,13-14,17-23H,12,15-16H2,1-5H3,(H,35,36). The molecule has 0 amide bonds. The number of nitrogens with zero attached hydrogens (tertiary/aromatic N) is 2. The molecule has 0 aliphatic heterocycles. The van der Waals surface area contributed by atoms with Crippen molar-refractivity contribution in [1.82, 2.24) is 9.88 Å². The Morgan fingerprint density at radius 3 is 2.28 bits per heavy atom. The minimum Gasteiger partial charge on any atom is -0.493 e. The minimum absolute atomic E-state index is 0.565. The van der Waals surface area contributed by atoms with Crippen molar-refractivity contribution in [3.63, 3.8) is 0 Å². The van der Waals surface area contributed by atoms with Gasteiger partial charge in [-0.3, -0.25) is 0 Å². The molecular weight excluding hydrogens is 482 g/mol. The zero-order valence-electron chi connectivity index (χ0n) is 23.5. The number of methoxy groups -OCH3 is 2. The molecule has 200 valence electrons. The fourth-order valence-electron chi connectivity index (χ4n) is 4.94. The van der Waals surface area contributed by atoms with Gasteiger partial charge in [0.15, 0.2) is 11.5 Å². The molecule has 0 radical (unpaired) electrons. The fourth-order valence-corrected chi connectivity index (χ4v) is 4.94. The van der Waals surface area contributed by atoms with E-state index in [0.29, 0.717) is 17.4 Å². The normalized spacial score (nSPS) is 14.9. The van der Waals surface area contributed by atoms with E-state index >= 15 is 0 Å². The molecule has 0 saturated carbocycles. The molecule has 3 aromatic carbocycles. The van der Waals surface area contributed by atoms with E-state index in [0.717, 1.165) is 47.4 Å². The average Bonchev–Trinajstić information content (AvgIpc) is 2.96. The van der Waals surface area contributed by atoms with E-state index in [-0.39, 0.29) is 0 Å². The average molecular weight is 520 g/mol. The third kappa shape index (κ3) is 5.99. The van der Waals surface area contributed by atoms with Crippen molar-refractivity contribution in [1.29, 1.82) is 0 Å². The van der Waals surface area contributed by atoms with Crippen molar-refractivity contribution in [3.05, 3.63) is 90.5 Å². The zero-order chi connectivity index (χ0) is 27.4. The SMILES string of the molecule is COc1cc2cc(-c3cc(C4=CCC(C)C=C4)cc(-c4ccccc4)c3)nc(NCCN(C)C)c2cc1OC. The van der Waals surface area contributed by atoms with Crippen LogP contribution in [0.1, 0.15) is 18.9 Å². The molecule has 0 spiro atoms. The molecule has 1 N–H and O–H groups in total. The van der Waals surface area contributed by atoms with E-state index in [1.165, 1.54) is 22.3 Å². The quantitative estimate of drug-likeness (QED) is 0.248. The lowest BCUT2D eigenvalue weighted by atomic mass is 9.90. The number of hydrogen-bond donors (Lipinski definition) is 1. The van der Waals surface area contributed by atoms with Gasteiger partial charge in [-0.2, -0.15) is 0 Å². The molecule has 39 heavy (non-hydrogen) atoms. The van der Waals surface area contributed by atoms with Gasteiger partial charge >= 0.3 is 0 Å². The van der Waals surface area contributed by atoms with Crippen LogP contribution in [0.15, 0.2) is 85.0 Å². The second kappa shape index (κ2) is 11.7. The van der Waals surface area contributed by atoms with Gasteiger partial charge in [0.1, 0.15) is 5.82 Å². The van der Waals surface area contributed by atoms with E-state index < -0.39 is 0 Å². The van der Waals surface area contributed by atoms with Crippen molar-refractivity contribution in [2.24, 2.45) is 5.92 Å². The maximum absolute atomic E-state index is 5.64. The van der Waals surface area contributed by atoms with Crippen LogP contribution in [-0.2, 0) is 0 Å². The maximum Gasteiger partial charge on any atom is 0.161 e. The Labute approximate surface area is 231 Å². The largest absolute Gasteiger partial charge is 0.493 e. The summed E-state index contributed by atoms with van der Waals surface area (Å²) in [5.41, 5.74) is 6.80. The molecule has 4 aromatic rings. The van der Waals surface area contributed by atoms with Gasteiger partial charge < -0.3 is 19.7 Å². The molecule has 5 rings (SSSR count). The van der Waals surface area contributed by atoms with Crippen LogP contribution in [0.5, 0.6) is 11.5 Å². The van der Waals surface area contributed by atoms with Crippen LogP contribution in [0.4, 0.5) is 5.82 Å². The Bertz CT molecular complexity index is 1520. The molecule has 1 aliphatic rings. The highest BCUT2D eigenvalue weighted by Crippen LogP contribution is 2.38. The summed E-state index contributed by atoms with van der Waals surface area (Å²) in [6.07, 6.45) is 7.94. The number of pyridine rings is 1. The van der Waals surface area contributed by atoms with Gasteiger partial charge in [0.2, 0.25) is 0 Å². The summed E-state index contributed by atoms with van der Waals surface area (Å²) in [5, 5.41) is 5.62. The van der Waals surface area contributed by atoms with Crippen LogP contribution >= 0.6 is 0 Å². The van der Waals surface area contributed by atoms with Crippen LogP contribution in [0.25, 0.3) is 38.7 Å². The second-order valence-corrected chi connectivity index (χ2v) is 10.4. The number of anilines is 1. The number of likely N-dealkylation sites (N-methyl/N-ethyl adjacent to an activating group) is 1. The lowest BCUT2D eigenvalue weighted by Crippen LogP contribution is -2.21. The minimum atomic E-state index is 0.565. The highest BCUT2D eigenvalue weighted by atomic mass is 16.5. The predicted octanol–water partition coefficient (Wildman–Crippen LogP) is 7.54. The lowest BCUT2D eigenvalue weighted by molar-refractivity contribution is 0.356. The van der Waals surface area contributed by atoms with Crippen LogP contribution in [0, 0.1) is 5.92 Å². The zero-order valence-corrected chi connectivity index (χ0v) is 23.5. The van der Waals surface area contributed by atoms with E-state index in [1.54, 1.807) is 14.2 Å². The highest BCUT2D eigenvalue weighted by Gasteiger charge is 2.16. The maximum atomic E-state index is 5.64. The molecule has 0 bridgehead atoms. The third-order valence-electron chi connectivity index (χ3n) is 7.17. The number of aromatic nitrogens is 1. The van der Waals surface area contributed by atoms with Gasteiger partial charge in [0.05, 0.1) is 19.9 Å². The van der Waals surface area contributed by atoms with E-state index in [4.69, 9.17) is 14.5 Å². The molecule has 1 atom stereocenters. The number of nitrogens with one attached hydrogen (secondary N) is 1. The van der Waals surface area contributed by atoms with Gasteiger partial charge in [-0.25, -0.2) is 4.98 Å². The molecule has 5 heteroatoms. The van der Waals surface area contributed by atoms with Gasteiger partial charge in [-0.05, 0) is 90.5 Å². The predicted molar refractivity (Wildman–Crippen MR) is 164 cm³/mol. The van der Waals surface area contributed by atoms with Crippen molar-refractivity contribution < 1.29 is 9.47 Å². The van der Waals surface area contributed by atoms with Gasteiger partial charge in [0, 0.05) is 24.0 Å². The number of fused-ring (bicyclic) bond motifs is 1. The van der Waals surface area contributed by atoms with Crippen LogP contribution in [0.2, 0.25) is 0 Å². The number of rotatable bonds is 9. The molecule has 0 fully saturated rings. The smallest absolute Gasteiger partial charge is 0.161 e. The van der Waals surface area contributed by atoms with Crippen LogP contribution < -0.4 is 14.8 Å². The Morgan fingerprint density at radius 1 is 0.872 bits per heavy atom. The first kappa shape index (κ1) is 26.5. The monoisotopic (exact) mass is 519 g/mol. The summed E-state index contributed by atoms with van der Waals surface area (Å²) in [5.74, 6) is 2.79. The third-order valence-corrected chi connectivity index (χ3v) is 7.17. The summed E-state index contributed by atoms with van der Waals surface area (Å²) in [6.45, 7) is 3.92. The Hall–Kier alpha value is -4.09. The summed E-state index contributed by atoms with van der Waals surface area (Å²) in [6, 6.07) is 23.5. The first-order chi connectivity index (χ1) is 18.9. The van der Waals surface area contributed by atoms with Gasteiger partial charge in [-0.1, -0.05) is 55.5 Å². The highest BCUT2D eigenvalue weighted by molar-refractivity contribution is 5.97. The molecule has 1 aromatic heterocycles. The fraction of sp³-hybridized carbons (Fsp3) is 0.265. The number of ether oxygens (including phenoxy) is 2. The molecule has 5 nitrogen and oxygen atoms in total. The molecule has 1 unspecified atom stereocenters. The van der Waals surface area contributed by atoms with E-state index in [1.807, 2.05) is 12.1 Å². The first-order valence-corrected chi connectivity index (χ1v) is 13.5. The summed E-state index contributed by atoms with van der Waals surface area (Å²) in [7, 11) is 7.48. The van der Waals surface area contributed by atoms with Gasteiger partial charge in [-0.15, -0.1) is 0 Å². The van der Waals surface area contributed by atoms with Crippen molar-refractivity contribution in [2.75, 3.05) is 46.7 Å². The van der Waals surface area contributed by atoms with Crippen LogP contribution in [-0.4, -0.2) is 51.3 Å². The molecule has 0 saturated heterocycles. The van der Waals surface area contributed by atoms with Crippen molar-refractivity contribution in [3.8, 4) is 33.9 Å². The number of allylic oxidation sites excluding steroid dienone is 4. The van der Waals surface area contributed by atoms with Gasteiger partial charge in [0.25, 0.3) is 0 Å². The van der Waals surface area contributed by atoms with E-state index in [9.17, 15) is 0 Å². The van der Waals surface area contributed by atoms with E-state index in [2.05, 4.69) is 104 Å².